The first kappa shape index (κ1) is 21.2. The Hall–Kier alpha value is -2.08. The standard InChI is InChI=1S/C21H32N2O4/c1-3-5-14-22(15-6-4-2)20(25)18-12-13-19(24)23(18)21(26)27-16-17-10-8-7-9-11-17/h7-11,18-19,24H,3-6,12-16H2,1-2H3/t18-,19?/m0/s1. The number of rotatable bonds is 9. The van der Waals surface area contributed by atoms with E-state index in [9.17, 15) is 14.7 Å². The van der Waals surface area contributed by atoms with Crippen LogP contribution in [0.25, 0.3) is 0 Å². The normalized spacial score (nSPS) is 19.1. The Morgan fingerprint density at radius 3 is 2.33 bits per heavy atom. The van der Waals surface area contributed by atoms with Crippen LogP contribution in [0.2, 0.25) is 0 Å². The van der Waals surface area contributed by atoms with Gasteiger partial charge in [0.1, 0.15) is 18.9 Å². The second-order valence-electron chi connectivity index (χ2n) is 7.05. The number of carbonyl (C=O) groups is 2. The van der Waals surface area contributed by atoms with Gasteiger partial charge in [-0.3, -0.25) is 9.69 Å². The lowest BCUT2D eigenvalue weighted by molar-refractivity contribution is -0.137. The minimum absolute atomic E-state index is 0.0786. The molecule has 0 aliphatic carbocycles. The molecule has 1 aliphatic heterocycles. The quantitative estimate of drug-likeness (QED) is 0.716. The molecule has 0 radical (unpaired) electrons. The molecule has 1 fully saturated rings. The molecule has 150 valence electrons. The first-order valence-electron chi connectivity index (χ1n) is 10.0. The summed E-state index contributed by atoms with van der Waals surface area (Å²) in [5.74, 6) is -0.0786. The average Bonchev–Trinajstić information content (AvgIpc) is 3.08. The van der Waals surface area contributed by atoms with Crippen LogP contribution in [0.3, 0.4) is 0 Å². The second-order valence-corrected chi connectivity index (χ2v) is 7.05. The Bertz CT molecular complexity index is 585. The minimum Gasteiger partial charge on any atom is -0.444 e. The minimum atomic E-state index is -0.971. The fraction of sp³-hybridized carbons (Fsp3) is 0.619. The van der Waals surface area contributed by atoms with Gasteiger partial charge in [-0.05, 0) is 31.2 Å². The Kier molecular flexibility index (Phi) is 8.58. The van der Waals surface area contributed by atoms with E-state index in [-0.39, 0.29) is 12.5 Å². The van der Waals surface area contributed by atoms with Gasteiger partial charge in [0.15, 0.2) is 0 Å². The lowest BCUT2D eigenvalue weighted by atomic mass is 10.1. The van der Waals surface area contributed by atoms with Crippen molar-refractivity contribution in [1.29, 1.82) is 0 Å². The summed E-state index contributed by atoms with van der Waals surface area (Å²) in [7, 11) is 0. The SMILES string of the molecule is CCCCN(CCCC)C(=O)[C@@H]1CCC(O)N1C(=O)OCc1ccccc1. The third-order valence-corrected chi connectivity index (χ3v) is 4.93. The maximum Gasteiger partial charge on any atom is 0.412 e. The highest BCUT2D eigenvalue weighted by Crippen LogP contribution is 2.26. The van der Waals surface area contributed by atoms with Crippen LogP contribution in [0, 0.1) is 0 Å². The van der Waals surface area contributed by atoms with Crippen LogP contribution in [0.1, 0.15) is 57.9 Å². The summed E-state index contributed by atoms with van der Waals surface area (Å²) in [5, 5.41) is 10.3. The maximum absolute atomic E-state index is 13.1. The van der Waals surface area contributed by atoms with Crippen molar-refractivity contribution in [2.45, 2.75) is 71.2 Å². The number of unbranched alkanes of at least 4 members (excludes halogenated alkanes) is 2. The molecule has 0 aromatic heterocycles. The van der Waals surface area contributed by atoms with Gasteiger partial charge in [0.25, 0.3) is 0 Å². The van der Waals surface area contributed by atoms with Gasteiger partial charge in [-0.1, -0.05) is 57.0 Å². The monoisotopic (exact) mass is 376 g/mol. The van der Waals surface area contributed by atoms with Crippen LogP contribution in [0.5, 0.6) is 0 Å². The highest BCUT2D eigenvalue weighted by atomic mass is 16.6. The number of aliphatic hydroxyl groups is 1. The Balaban J connectivity index is 2.02. The van der Waals surface area contributed by atoms with E-state index in [2.05, 4.69) is 13.8 Å². The highest BCUT2D eigenvalue weighted by Gasteiger charge is 2.42. The largest absolute Gasteiger partial charge is 0.444 e. The molecule has 1 saturated heterocycles. The van der Waals surface area contributed by atoms with Crippen LogP contribution in [-0.2, 0) is 16.1 Å². The molecule has 2 rings (SSSR count). The van der Waals surface area contributed by atoms with Crippen molar-refractivity contribution >= 4 is 12.0 Å². The molecular formula is C21H32N2O4. The lowest BCUT2D eigenvalue weighted by Crippen LogP contribution is -2.50. The zero-order chi connectivity index (χ0) is 19.6. The van der Waals surface area contributed by atoms with Crippen LogP contribution >= 0.6 is 0 Å². The van der Waals surface area contributed by atoms with E-state index in [1.165, 1.54) is 4.90 Å². The van der Waals surface area contributed by atoms with E-state index in [1.807, 2.05) is 35.2 Å². The molecule has 1 aromatic carbocycles. The summed E-state index contributed by atoms with van der Waals surface area (Å²) < 4.78 is 5.36. The Labute approximate surface area is 162 Å². The van der Waals surface area contributed by atoms with Crippen molar-refractivity contribution in [2.24, 2.45) is 0 Å². The van der Waals surface area contributed by atoms with Crippen molar-refractivity contribution in [1.82, 2.24) is 9.80 Å². The first-order chi connectivity index (χ1) is 13.1. The van der Waals surface area contributed by atoms with E-state index < -0.39 is 18.4 Å². The van der Waals surface area contributed by atoms with Crippen LogP contribution in [-0.4, -0.2) is 52.3 Å². The smallest absolute Gasteiger partial charge is 0.412 e. The number of likely N-dealkylation sites (tertiary alicyclic amines) is 1. The number of aliphatic hydroxyl groups excluding tert-OH is 1. The van der Waals surface area contributed by atoms with Gasteiger partial charge in [0.05, 0.1) is 0 Å². The summed E-state index contributed by atoms with van der Waals surface area (Å²) in [6.07, 6.45) is 3.14. The molecule has 1 unspecified atom stereocenters. The fourth-order valence-corrected chi connectivity index (χ4v) is 3.32. The van der Waals surface area contributed by atoms with Crippen molar-refractivity contribution in [3.8, 4) is 0 Å². The summed E-state index contributed by atoms with van der Waals surface area (Å²) in [4.78, 5) is 28.7. The zero-order valence-electron chi connectivity index (χ0n) is 16.5. The molecule has 2 atom stereocenters. The number of carbonyl (C=O) groups excluding carboxylic acids is 2. The maximum atomic E-state index is 13.1. The van der Waals surface area contributed by atoms with Crippen molar-refractivity contribution in [3.05, 3.63) is 35.9 Å². The number of nitrogens with zero attached hydrogens (tertiary/aromatic N) is 2. The molecule has 27 heavy (non-hydrogen) atoms. The van der Waals surface area contributed by atoms with Gasteiger partial charge in [0.2, 0.25) is 5.91 Å². The third-order valence-electron chi connectivity index (χ3n) is 4.93. The molecule has 6 heteroatoms. The zero-order valence-corrected chi connectivity index (χ0v) is 16.5. The molecule has 0 saturated carbocycles. The molecule has 6 nitrogen and oxygen atoms in total. The molecule has 0 spiro atoms. The first-order valence-corrected chi connectivity index (χ1v) is 10.0. The summed E-state index contributed by atoms with van der Waals surface area (Å²) in [6.45, 7) is 5.69. The van der Waals surface area contributed by atoms with E-state index in [0.29, 0.717) is 25.9 Å². The number of ether oxygens (including phenoxy) is 1. The highest BCUT2D eigenvalue weighted by molar-refractivity contribution is 5.86. The van der Waals surface area contributed by atoms with Crippen LogP contribution < -0.4 is 0 Å². The number of amides is 2. The van der Waals surface area contributed by atoms with Gasteiger partial charge in [-0.2, -0.15) is 0 Å². The molecule has 1 heterocycles. The van der Waals surface area contributed by atoms with E-state index in [0.717, 1.165) is 31.2 Å². The molecule has 1 N–H and O–H groups in total. The van der Waals surface area contributed by atoms with Gasteiger partial charge in [-0.25, -0.2) is 4.79 Å². The number of hydrogen-bond acceptors (Lipinski definition) is 4. The average molecular weight is 376 g/mol. The predicted molar refractivity (Wildman–Crippen MR) is 104 cm³/mol. The Morgan fingerprint density at radius 2 is 1.74 bits per heavy atom. The van der Waals surface area contributed by atoms with Crippen LogP contribution in [0.4, 0.5) is 4.79 Å². The van der Waals surface area contributed by atoms with Crippen LogP contribution in [0.15, 0.2) is 30.3 Å². The Morgan fingerprint density at radius 1 is 1.11 bits per heavy atom. The number of hydrogen-bond donors (Lipinski definition) is 1. The molecule has 1 aromatic rings. The van der Waals surface area contributed by atoms with Gasteiger partial charge < -0.3 is 14.7 Å². The van der Waals surface area contributed by atoms with E-state index in [4.69, 9.17) is 4.74 Å². The lowest BCUT2D eigenvalue weighted by Gasteiger charge is -2.31. The van der Waals surface area contributed by atoms with Gasteiger partial charge >= 0.3 is 6.09 Å². The summed E-state index contributed by atoms with van der Waals surface area (Å²) in [6, 6.07) is 8.74. The predicted octanol–water partition coefficient (Wildman–Crippen LogP) is 3.53. The van der Waals surface area contributed by atoms with E-state index in [1.54, 1.807) is 0 Å². The molecule has 1 aliphatic rings. The molecule has 0 bridgehead atoms. The topological polar surface area (TPSA) is 70.1 Å². The van der Waals surface area contributed by atoms with E-state index >= 15 is 0 Å². The molecular weight excluding hydrogens is 344 g/mol. The van der Waals surface area contributed by atoms with Crippen molar-refractivity contribution < 1.29 is 19.4 Å². The van der Waals surface area contributed by atoms with Gasteiger partial charge in [0, 0.05) is 13.1 Å². The fourth-order valence-electron chi connectivity index (χ4n) is 3.32. The van der Waals surface area contributed by atoms with Gasteiger partial charge in [-0.15, -0.1) is 0 Å². The summed E-state index contributed by atoms with van der Waals surface area (Å²) >= 11 is 0. The summed E-state index contributed by atoms with van der Waals surface area (Å²) in [5.41, 5.74) is 0.870. The van der Waals surface area contributed by atoms with Crippen molar-refractivity contribution in [3.63, 3.8) is 0 Å². The molecule has 2 amide bonds. The second kappa shape index (κ2) is 10.9. The van der Waals surface area contributed by atoms with Crippen molar-refractivity contribution in [2.75, 3.05) is 13.1 Å². The third kappa shape index (κ3) is 5.96. The number of benzene rings is 1.